The van der Waals surface area contributed by atoms with Crippen LogP contribution >= 0.6 is 11.6 Å². The smallest absolute Gasteiger partial charge is 0.170 e. The van der Waals surface area contributed by atoms with Crippen LogP contribution in [0.5, 0.6) is 0 Å². The van der Waals surface area contributed by atoms with Crippen molar-refractivity contribution in [3.05, 3.63) is 28.8 Å². The summed E-state index contributed by atoms with van der Waals surface area (Å²) in [4.78, 5) is 0. The maximum absolute atomic E-state index is 9.46. The molecular weight excluding hydrogens is 204 g/mol. The van der Waals surface area contributed by atoms with E-state index < -0.39 is 12.2 Å². The monoisotopic (exact) mass is 212 g/mol. The first-order chi connectivity index (χ1) is 6.56. The third-order valence-electron chi connectivity index (χ3n) is 1.77. The highest BCUT2D eigenvalue weighted by atomic mass is 35.5. The lowest BCUT2D eigenvalue weighted by Crippen LogP contribution is -2.16. The van der Waals surface area contributed by atoms with Crippen LogP contribution in [0.15, 0.2) is 18.2 Å². The van der Waals surface area contributed by atoms with Gasteiger partial charge in [0.25, 0.3) is 0 Å². The first-order valence-corrected chi connectivity index (χ1v) is 4.24. The Labute approximate surface area is 86.2 Å². The van der Waals surface area contributed by atoms with Crippen molar-refractivity contribution in [1.82, 2.24) is 0 Å². The van der Waals surface area contributed by atoms with Gasteiger partial charge in [0.2, 0.25) is 0 Å². The SMILES string of the molecule is N#CC(O)C(O)c1ccc(N)cc1Cl. The number of hydrogen-bond donors (Lipinski definition) is 3. The van der Waals surface area contributed by atoms with Gasteiger partial charge in [0, 0.05) is 16.3 Å². The summed E-state index contributed by atoms with van der Waals surface area (Å²) in [5, 5.41) is 27.1. The van der Waals surface area contributed by atoms with E-state index in [1.54, 1.807) is 0 Å². The summed E-state index contributed by atoms with van der Waals surface area (Å²) < 4.78 is 0. The van der Waals surface area contributed by atoms with Crippen molar-refractivity contribution in [2.75, 3.05) is 5.73 Å². The van der Waals surface area contributed by atoms with Gasteiger partial charge in [-0.25, -0.2) is 0 Å². The summed E-state index contributed by atoms with van der Waals surface area (Å²) in [6.07, 6.45) is -2.80. The molecule has 14 heavy (non-hydrogen) atoms. The van der Waals surface area contributed by atoms with Gasteiger partial charge in [-0.05, 0) is 12.1 Å². The molecule has 0 aliphatic carbocycles. The number of anilines is 1. The number of nitrogens with zero attached hydrogens (tertiary/aromatic N) is 1. The van der Waals surface area contributed by atoms with Crippen LogP contribution in [0.2, 0.25) is 5.02 Å². The zero-order valence-corrected chi connectivity index (χ0v) is 7.94. The van der Waals surface area contributed by atoms with E-state index in [1.807, 2.05) is 0 Å². The van der Waals surface area contributed by atoms with Gasteiger partial charge in [0.1, 0.15) is 6.10 Å². The molecule has 74 valence electrons. The summed E-state index contributed by atoms with van der Waals surface area (Å²) in [6, 6.07) is 5.98. The number of rotatable bonds is 2. The highest BCUT2D eigenvalue weighted by molar-refractivity contribution is 6.31. The molecule has 4 N–H and O–H groups in total. The summed E-state index contributed by atoms with van der Waals surface area (Å²) in [5.41, 5.74) is 6.19. The summed E-state index contributed by atoms with van der Waals surface area (Å²) in [5.74, 6) is 0. The van der Waals surface area contributed by atoms with Crippen LogP contribution in [-0.4, -0.2) is 16.3 Å². The number of nitriles is 1. The first-order valence-electron chi connectivity index (χ1n) is 3.87. The van der Waals surface area contributed by atoms with Gasteiger partial charge in [0.05, 0.1) is 6.07 Å². The predicted molar refractivity (Wildman–Crippen MR) is 52.4 cm³/mol. The van der Waals surface area contributed by atoms with Crippen LogP contribution < -0.4 is 5.73 Å². The molecule has 0 aliphatic rings. The highest BCUT2D eigenvalue weighted by Gasteiger charge is 2.19. The van der Waals surface area contributed by atoms with Crippen LogP contribution in [-0.2, 0) is 0 Å². The van der Waals surface area contributed by atoms with Gasteiger partial charge in [0.15, 0.2) is 6.10 Å². The number of nitrogens with two attached hydrogens (primary N) is 1. The average Bonchev–Trinajstić information content (AvgIpc) is 2.15. The Morgan fingerprint density at radius 1 is 1.43 bits per heavy atom. The van der Waals surface area contributed by atoms with Gasteiger partial charge >= 0.3 is 0 Å². The number of hydrogen-bond acceptors (Lipinski definition) is 4. The van der Waals surface area contributed by atoms with Crippen LogP contribution in [0.25, 0.3) is 0 Å². The first kappa shape index (κ1) is 10.8. The van der Waals surface area contributed by atoms with E-state index >= 15 is 0 Å². The quantitative estimate of drug-likeness (QED) is 0.501. The zero-order valence-electron chi connectivity index (χ0n) is 7.18. The second kappa shape index (κ2) is 4.29. The molecule has 0 amide bonds. The summed E-state index contributed by atoms with van der Waals surface area (Å²) in [7, 11) is 0. The van der Waals surface area contributed by atoms with Crippen molar-refractivity contribution in [1.29, 1.82) is 5.26 Å². The maximum atomic E-state index is 9.46. The van der Waals surface area contributed by atoms with Crippen LogP contribution in [0.4, 0.5) is 5.69 Å². The van der Waals surface area contributed by atoms with Gasteiger partial charge in [-0.2, -0.15) is 5.26 Å². The normalized spacial score (nSPS) is 14.4. The van der Waals surface area contributed by atoms with Gasteiger partial charge in [-0.15, -0.1) is 0 Å². The lowest BCUT2D eigenvalue weighted by molar-refractivity contribution is 0.0529. The number of halogens is 1. The van der Waals surface area contributed by atoms with Crippen molar-refractivity contribution < 1.29 is 10.2 Å². The fourth-order valence-corrected chi connectivity index (χ4v) is 1.32. The minimum atomic E-state index is -1.49. The fourth-order valence-electron chi connectivity index (χ4n) is 1.02. The molecule has 0 aromatic heterocycles. The number of nitrogen functional groups attached to an aromatic ring is 1. The largest absolute Gasteiger partial charge is 0.399 e. The minimum absolute atomic E-state index is 0.229. The van der Waals surface area contributed by atoms with E-state index in [-0.39, 0.29) is 10.6 Å². The summed E-state index contributed by atoms with van der Waals surface area (Å²) in [6.45, 7) is 0. The van der Waals surface area contributed by atoms with E-state index in [2.05, 4.69) is 0 Å². The van der Waals surface area contributed by atoms with E-state index in [9.17, 15) is 5.11 Å². The van der Waals surface area contributed by atoms with Crippen LogP contribution in [0, 0.1) is 11.3 Å². The molecule has 0 heterocycles. The van der Waals surface area contributed by atoms with E-state index in [0.29, 0.717) is 5.69 Å². The third-order valence-corrected chi connectivity index (χ3v) is 2.10. The minimum Gasteiger partial charge on any atom is -0.399 e. The highest BCUT2D eigenvalue weighted by Crippen LogP contribution is 2.26. The van der Waals surface area contributed by atoms with Crippen molar-refractivity contribution in [2.45, 2.75) is 12.2 Å². The molecule has 1 aromatic rings. The molecule has 1 aromatic carbocycles. The molecule has 0 spiro atoms. The predicted octanol–water partition coefficient (Wildman–Crippen LogP) is 0.840. The Hall–Kier alpha value is -1.28. The number of aliphatic hydroxyl groups excluding tert-OH is 2. The lowest BCUT2D eigenvalue weighted by atomic mass is 10.0. The van der Waals surface area contributed by atoms with E-state index in [0.717, 1.165) is 0 Å². The second-order valence-electron chi connectivity index (χ2n) is 2.80. The Balaban J connectivity index is 3.03. The van der Waals surface area contributed by atoms with Gasteiger partial charge in [-0.1, -0.05) is 17.7 Å². The average molecular weight is 213 g/mol. The van der Waals surface area contributed by atoms with E-state index in [4.69, 9.17) is 27.7 Å². The second-order valence-corrected chi connectivity index (χ2v) is 3.21. The van der Waals surface area contributed by atoms with Crippen molar-refractivity contribution in [3.8, 4) is 6.07 Å². The van der Waals surface area contributed by atoms with Crippen LogP contribution in [0.3, 0.4) is 0 Å². The molecule has 2 unspecified atom stereocenters. The molecule has 0 saturated heterocycles. The molecule has 0 bridgehead atoms. The van der Waals surface area contributed by atoms with E-state index in [1.165, 1.54) is 24.3 Å². The Bertz CT molecular complexity index is 376. The third kappa shape index (κ3) is 2.15. The maximum Gasteiger partial charge on any atom is 0.170 e. The van der Waals surface area contributed by atoms with Gasteiger partial charge in [-0.3, -0.25) is 0 Å². The molecule has 0 saturated carbocycles. The molecule has 5 heteroatoms. The molecule has 0 radical (unpaired) electrons. The van der Waals surface area contributed by atoms with Crippen molar-refractivity contribution >= 4 is 17.3 Å². The molecule has 0 aliphatic heterocycles. The molecule has 2 atom stereocenters. The van der Waals surface area contributed by atoms with Crippen molar-refractivity contribution in [3.63, 3.8) is 0 Å². The Kier molecular flexibility index (Phi) is 3.31. The van der Waals surface area contributed by atoms with Crippen LogP contribution in [0.1, 0.15) is 11.7 Å². The molecule has 4 nitrogen and oxygen atoms in total. The summed E-state index contributed by atoms with van der Waals surface area (Å²) >= 11 is 5.76. The molecule has 1 rings (SSSR count). The Morgan fingerprint density at radius 2 is 2.07 bits per heavy atom. The zero-order chi connectivity index (χ0) is 10.7. The number of aliphatic hydroxyl groups is 2. The molecule has 0 fully saturated rings. The number of benzene rings is 1. The molecular formula is C9H9ClN2O2. The van der Waals surface area contributed by atoms with Crippen molar-refractivity contribution in [2.24, 2.45) is 0 Å². The standard InChI is InChI=1S/C9H9ClN2O2/c10-7-3-5(12)1-2-6(7)9(14)8(13)4-11/h1-3,8-9,13-14H,12H2. The van der Waals surface area contributed by atoms with Gasteiger partial charge < -0.3 is 15.9 Å². The fraction of sp³-hybridized carbons (Fsp3) is 0.222. The topological polar surface area (TPSA) is 90.3 Å². The Morgan fingerprint density at radius 3 is 2.57 bits per heavy atom. The lowest BCUT2D eigenvalue weighted by Gasteiger charge is -2.13.